The molecular weight excluding hydrogens is 663 g/mol. The van der Waals surface area contributed by atoms with Crippen molar-refractivity contribution in [2.45, 2.75) is 45.6 Å². The molecule has 1 amide bonds. The summed E-state index contributed by atoms with van der Waals surface area (Å²) in [6, 6.07) is 13.9. The van der Waals surface area contributed by atoms with Gasteiger partial charge in [-0.2, -0.15) is 0 Å². The molecule has 4 rings (SSSR count). The number of anilines is 1. The number of fused-ring (bicyclic) bond motifs is 1. The van der Waals surface area contributed by atoms with Crippen LogP contribution in [0.4, 0.5) is 10.6 Å². The summed E-state index contributed by atoms with van der Waals surface area (Å²) >= 11 is 0. The Hall–Kier alpha value is -4.33. The number of ketones is 1. The number of halogens is 1. The SMILES string of the molecule is Cn1cc(C(=O)CCc2ccc(C(=N)N)cc2)c2cc(OC(=O)N(CCC(=O)OC(C)(C)C)c3ccncn3)ccc21.I. The van der Waals surface area contributed by atoms with Gasteiger partial charge in [-0.1, -0.05) is 24.3 Å². The van der Waals surface area contributed by atoms with Crippen molar-refractivity contribution < 1.29 is 23.9 Å². The van der Waals surface area contributed by atoms with Crippen LogP contribution in [0.2, 0.25) is 0 Å². The van der Waals surface area contributed by atoms with Crippen LogP contribution in [0.25, 0.3) is 10.9 Å². The Balaban J connectivity index is 0.00000506. The van der Waals surface area contributed by atoms with Crippen LogP contribution < -0.4 is 15.4 Å². The molecule has 43 heavy (non-hydrogen) atoms. The lowest BCUT2D eigenvalue weighted by molar-refractivity contribution is -0.154. The Kier molecular flexibility index (Phi) is 11.0. The minimum atomic E-state index is -0.741. The fourth-order valence-corrected chi connectivity index (χ4v) is 4.39. The fourth-order valence-electron chi connectivity index (χ4n) is 4.39. The molecule has 2 heterocycles. The third-order valence-corrected chi connectivity index (χ3v) is 6.40. The van der Waals surface area contributed by atoms with Gasteiger partial charge in [-0.15, -0.1) is 24.0 Å². The molecule has 0 spiro atoms. The van der Waals surface area contributed by atoms with Gasteiger partial charge in [0, 0.05) is 54.4 Å². The van der Waals surface area contributed by atoms with Crippen molar-refractivity contribution in [2.75, 3.05) is 11.4 Å². The van der Waals surface area contributed by atoms with Gasteiger partial charge >= 0.3 is 12.1 Å². The molecule has 0 atom stereocenters. The first-order valence-electron chi connectivity index (χ1n) is 13.4. The highest BCUT2D eigenvalue weighted by Gasteiger charge is 2.24. The molecule has 0 fully saturated rings. The average Bonchev–Trinajstić information content (AvgIpc) is 3.27. The normalized spacial score (nSPS) is 11.0. The van der Waals surface area contributed by atoms with Crippen LogP contribution in [0.15, 0.2) is 67.3 Å². The summed E-state index contributed by atoms with van der Waals surface area (Å²) in [5, 5.41) is 8.18. The number of Topliss-reactive ketones (excluding diaryl/α,β-unsaturated/α-hetero) is 1. The van der Waals surface area contributed by atoms with Crippen molar-refractivity contribution in [1.82, 2.24) is 14.5 Å². The van der Waals surface area contributed by atoms with E-state index < -0.39 is 17.7 Å². The number of carbonyl (C=O) groups excluding carboxylic acids is 3. The average molecular weight is 699 g/mol. The lowest BCUT2D eigenvalue weighted by Gasteiger charge is -2.23. The number of hydrogen-bond acceptors (Lipinski definition) is 8. The number of esters is 1. The zero-order valence-corrected chi connectivity index (χ0v) is 26.8. The van der Waals surface area contributed by atoms with Gasteiger partial charge in [-0.3, -0.25) is 19.9 Å². The van der Waals surface area contributed by atoms with E-state index in [4.69, 9.17) is 20.6 Å². The summed E-state index contributed by atoms with van der Waals surface area (Å²) in [7, 11) is 1.85. The summed E-state index contributed by atoms with van der Waals surface area (Å²) < 4.78 is 12.9. The zero-order chi connectivity index (χ0) is 30.4. The quantitative estimate of drug-likeness (QED) is 0.0732. The third kappa shape index (κ3) is 8.83. The van der Waals surface area contributed by atoms with E-state index in [0.29, 0.717) is 22.9 Å². The molecule has 11 nitrogen and oxygen atoms in total. The van der Waals surface area contributed by atoms with Gasteiger partial charge in [0.2, 0.25) is 0 Å². The number of amidine groups is 1. The number of aryl methyl sites for hydroxylation is 2. The molecule has 0 unspecified atom stereocenters. The first kappa shape index (κ1) is 33.2. The van der Waals surface area contributed by atoms with Crippen molar-refractivity contribution in [3.63, 3.8) is 0 Å². The molecule has 0 saturated carbocycles. The number of aromatic nitrogens is 3. The van der Waals surface area contributed by atoms with Crippen LogP contribution in [0, 0.1) is 5.41 Å². The molecule has 12 heteroatoms. The Labute approximate surface area is 266 Å². The van der Waals surface area contributed by atoms with Crippen LogP contribution in [-0.2, 0) is 23.0 Å². The monoisotopic (exact) mass is 698 g/mol. The van der Waals surface area contributed by atoms with E-state index in [0.717, 1.165) is 11.1 Å². The number of nitrogen functional groups attached to an aromatic ring is 1. The van der Waals surface area contributed by atoms with Crippen LogP contribution in [-0.4, -0.2) is 50.4 Å². The maximum atomic E-state index is 13.3. The smallest absolute Gasteiger partial charge is 0.420 e. The van der Waals surface area contributed by atoms with E-state index in [1.165, 1.54) is 17.4 Å². The molecular formula is C31H35IN6O5. The highest BCUT2D eigenvalue weighted by Crippen LogP contribution is 2.28. The zero-order valence-electron chi connectivity index (χ0n) is 24.5. The number of hydrogen-bond donors (Lipinski definition) is 2. The van der Waals surface area contributed by atoms with Crippen molar-refractivity contribution in [3.8, 4) is 5.75 Å². The fraction of sp³-hybridized carbons (Fsp3) is 0.290. The molecule has 226 valence electrons. The van der Waals surface area contributed by atoms with E-state index in [-0.39, 0.29) is 66.5 Å². The summed E-state index contributed by atoms with van der Waals surface area (Å²) in [6.45, 7) is 5.29. The predicted molar refractivity (Wildman–Crippen MR) is 174 cm³/mol. The minimum Gasteiger partial charge on any atom is -0.460 e. The number of nitrogens with two attached hydrogens (primary N) is 1. The molecule has 3 N–H and O–H groups in total. The molecule has 0 bridgehead atoms. The molecule has 2 aromatic heterocycles. The highest BCUT2D eigenvalue weighted by molar-refractivity contribution is 14.0. The number of ether oxygens (including phenoxy) is 2. The van der Waals surface area contributed by atoms with Gasteiger partial charge in [0.1, 0.15) is 29.3 Å². The second-order valence-corrected chi connectivity index (χ2v) is 10.8. The minimum absolute atomic E-state index is 0. The molecule has 0 aliphatic rings. The first-order valence-corrected chi connectivity index (χ1v) is 13.4. The lowest BCUT2D eigenvalue weighted by atomic mass is 10.0. The van der Waals surface area contributed by atoms with E-state index >= 15 is 0 Å². The van der Waals surface area contributed by atoms with Crippen LogP contribution in [0.5, 0.6) is 5.75 Å². The molecule has 0 radical (unpaired) electrons. The Morgan fingerprint density at radius 1 is 1.05 bits per heavy atom. The summed E-state index contributed by atoms with van der Waals surface area (Å²) in [5.41, 5.74) is 7.78. The summed E-state index contributed by atoms with van der Waals surface area (Å²) in [6.07, 6.45) is 4.54. The second kappa shape index (κ2) is 14.2. The number of nitrogens with zero attached hydrogens (tertiary/aromatic N) is 4. The second-order valence-electron chi connectivity index (χ2n) is 10.8. The maximum absolute atomic E-state index is 13.3. The highest BCUT2D eigenvalue weighted by atomic mass is 127. The van der Waals surface area contributed by atoms with E-state index in [9.17, 15) is 14.4 Å². The molecule has 4 aromatic rings. The molecule has 2 aromatic carbocycles. The van der Waals surface area contributed by atoms with Gasteiger partial charge < -0.3 is 19.8 Å². The Bertz CT molecular complexity index is 1610. The van der Waals surface area contributed by atoms with E-state index in [2.05, 4.69) is 9.97 Å². The molecule has 0 aliphatic heterocycles. The molecule has 0 saturated heterocycles. The topological polar surface area (TPSA) is 153 Å². The summed E-state index contributed by atoms with van der Waals surface area (Å²) in [5.74, 6) is -0.0127. The summed E-state index contributed by atoms with van der Waals surface area (Å²) in [4.78, 5) is 48.2. The van der Waals surface area contributed by atoms with Crippen LogP contribution >= 0.6 is 24.0 Å². The number of carbonyl (C=O) groups is 3. The van der Waals surface area contributed by atoms with Gasteiger partial charge in [-0.25, -0.2) is 14.8 Å². The van der Waals surface area contributed by atoms with E-state index in [1.54, 1.807) is 63.4 Å². The number of benzene rings is 2. The number of nitrogens with one attached hydrogen (secondary N) is 1. The maximum Gasteiger partial charge on any atom is 0.420 e. The van der Waals surface area contributed by atoms with Gasteiger partial charge in [0.15, 0.2) is 5.78 Å². The lowest BCUT2D eigenvalue weighted by Crippen LogP contribution is -2.37. The van der Waals surface area contributed by atoms with Crippen LogP contribution in [0.1, 0.15) is 55.1 Å². The number of amides is 1. The van der Waals surface area contributed by atoms with Crippen molar-refractivity contribution >= 4 is 64.4 Å². The first-order chi connectivity index (χ1) is 19.9. The predicted octanol–water partition coefficient (Wildman–Crippen LogP) is 5.42. The van der Waals surface area contributed by atoms with E-state index in [1.807, 2.05) is 23.7 Å². The van der Waals surface area contributed by atoms with Crippen molar-refractivity contribution in [3.05, 3.63) is 83.9 Å². The molecule has 0 aliphatic carbocycles. The van der Waals surface area contributed by atoms with Gasteiger partial charge in [-0.05, 0) is 57.0 Å². The third-order valence-electron chi connectivity index (χ3n) is 6.40. The van der Waals surface area contributed by atoms with Gasteiger partial charge in [0.05, 0.1) is 6.42 Å². The van der Waals surface area contributed by atoms with Crippen molar-refractivity contribution in [1.29, 1.82) is 5.41 Å². The standard InChI is InChI=1S/C31H34N6O5.HI/c1-31(2,3)42-28(39)14-16-37(27-13-15-34-19-35-27)30(40)41-22-10-11-25-23(17-22)24(18-36(25)4)26(38)12-7-20-5-8-21(9-6-20)29(32)33;/h5-6,8-11,13,15,17-19H,7,12,14,16H2,1-4H3,(H3,32,33);1H. The largest absolute Gasteiger partial charge is 0.460 e. The van der Waals surface area contributed by atoms with Crippen LogP contribution in [0.3, 0.4) is 0 Å². The van der Waals surface area contributed by atoms with Gasteiger partial charge in [0.25, 0.3) is 0 Å². The number of rotatable bonds is 10. The Morgan fingerprint density at radius 2 is 1.77 bits per heavy atom. The Morgan fingerprint density at radius 3 is 2.40 bits per heavy atom. The van der Waals surface area contributed by atoms with Crippen molar-refractivity contribution in [2.24, 2.45) is 12.8 Å².